The molecular weight excluding hydrogens is 300 g/mol. The molecule has 24 heavy (non-hydrogen) atoms. The molecule has 2 N–H and O–H groups in total. The molecule has 3 aromatic rings. The second-order valence-corrected chi connectivity index (χ2v) is 5.85. The normalized spacial score (nSPS) is 10.9. The van der Waals surface area contributed by atoms with Gasteiger partial charge in [0.15, 0.2) is 0 Å². The van der Waals surface area contributed by atoms with Crippen molar-refractivity contribution in [2.24, 2.45) is 5.73 Å². The van der Waals surface area contributed by atoms with E-state index in [1.807, 2.05) is 60.5 Å². The molecule has 5 nitrogen and oxygen atoms in total. The minimum Gasteiger partial charge on any atom is -0.366 e. The lowest BCUT2D eigenvalue weighted by molar-refractivity contribution is 0.1000. The van der Waals surface area contributed by atoms with Crippen LogP contribution in [0.5, 0.6) is 0 Å². The Balaban J connectivity index is 1.65. The summed E-state index contributed by atoms with van der Waals surface area (Å²) in [5, 5.41) is 4.42. The third kappa shape index (κ3) is 3.88. The first-order chi connectivity index (χ1) is 11.6. The minimum atomic E-state index is -0.404. The molecule has 122 valence electrons. The Morgan fingerprint density at radius 1 is 1.12 bits per heavy atom. The Labute approximate surface area is 141 Å². The van der Waals surface area contributed by atoms with E-state index in [-0.39, 0.29) is 0 Å². The van der Waals surface area contributed by atoms with Crippen LogP contribution in [0.1, 0.15) is 15.9 Å². The summed E-state index contributed by atoms with van der Waals surface area (Å²) in [6.07, 6.45) is 3.91. The van der Waals surface area contributed by atoms with E-state index in [0.29, 0.717) is 18.8 Å². The predicted octanol–water partition coefficient (Wildman–Crippen LogP) is 2.74. The Hall–Kier alpha value is -2.92. The number of carbonyl (C=O) groups is 1. The Morgan fingerprint density at radius 3 is 2.67 bits per heavy atom. The molecule has 0 aliphatic carbocycles. The van der Waals surface area contributed by atoms with Crippen LogP contribution in [0.25, 0.3) is 11.1 Å². The maximum atomic E-state index is 11.3. The topological polar surface area (TPSA) is 64.2 Å². The number of rotatable bonds is 6. The van der Waals surface area contributed by atoms with E-state index in [2.05, 4.69) is 22.1 Å². The van der Waals surface area contributed by atoms with Crippen molar-refractivity contribution in [2.45, 2.75) is 13.2 Å². The molecule has 3 rings (SSSR count). The first kappa shape index (κ1) is 16.0. The molecule has 0 fully saturated rings. The maximum absolute atomic E-state index is 11.3. The molecule has 0 saturated carbocycles. The molecule has 0 bridgehead atoms. The zero-order valence-electron chi connectivity index (χ0n) is 13.6. The van der Waals surface area contributed by atoms with Crippen molar-refractivity contribution < 1.29 is 4.79 Å². The summed E-state index contributed by atoms with van der Waals surface area (Å²) in [6, 6.07) is 17.6. The minimum absolute atomic E-state index is 0.404. The van der Waals surface area contributed by atoms with Gasteiger partial charge >= 0.3 is 0 Å². The van der Waals surface area contributed by atoms with E-state index < -0.39 is 5.91 Å². The van der Waals surface area contributed by atoms with E-state index in [1.54, 1.807) is 6.07 Å². The van der Waals surface area contributed by atoms with Crippen molar-refractivity contribution in [1.29, 1.82) is 0 Å². The fourth-order valence-corrected chi connectivity index (χ4v) is 2.65. The number of hydrogen-bond acceptors (Lipinski definition) is 3. The fourth-order valence-electron chi connectivity index (χ4n) is 2.65. The molecule has 1 heterocycles. The predicted molar refractivity (Wildman–Crippen MR) is 94.1 cm³/mol. The summed E-state index contributed by atoms with van der Waals surface area (Å²) < 4.78 is 1.90. The van der Waals surface area contributed by atoms with Crippen LogP contribution in [-0.4, -0.2) is 27.6 Å². The SMILES string of the molecule is CN(Cc1cccc(C(N)=O)c1)Cn1cc(-c2ccccc2)cn1. The molecule has 5 heteroatoms. The largest absolute Gasteiger partial charge is 0.366 e. The van der Waals surface area contributed by atoms with Gasteiger partial charge in [0.05, 0.1) is 12.9 Å². The van der Waals surface area contributed by atoms with Gasteiger partial charge in [0.1, 0.15) is 0 Å². The molecule has 1 aromatic heterocycles. The smallest absolute Gasteiger partial charge is 0.248 e. The van der Waals surface area contributed by atoms with E-state index in [0.717, 1.165) is 16.7 Å². The highest BCUT2D eigenvalue weighted by molar-refractivity contribution is 5.92. The van der Waals surface area contributed by atoms with Gasteiger partial charge in [-0.15, -0.1) is 0 Å². The Bertz CT molecular complexity index is 826. The Kier molecular flexibility index (Phi) is 4.72. The molecule has 0 spiro atoms. The van der Waals surface area contributed by atoms with Gasteiger partial charge in [-0.25, -0.2) is 0 Å². The van der Waals surface area contributed by atoms with E-state index in [4.69, 9.17) is 5.73 Å². The monoisotopic (exact) mass is 320 g/mol. The first-order valence-electron chi connectivity index (χ1n) is 7.77. The van der Waals surface area contributed by atoms with Gasteiger partial charge in [0, 0.05) is 23.9 Å². The lowest BCUT2D eigenvalue weighted by Gasteiger charge is -2.17. The van der Waals surface area contributed by atoms with Crippen LogP contribution in [0.2, 0.25) is 0 Å². The first-order valence-corrected chi connectivity index (χ1v) is 7.77. The molecule has 1 amide bonds. The highest BCUT2D eigenvalue weighted by Crippen LogP contribution is 2.17. The van der Waals surface area contributed by atoms with Crippen molar-refractivity contribution >= 4 is 5.91 Å². The van der Waals surface area contributed by atoms with Crippen LogP contribution in [0, 0.1) is 0 Å². The van der Waals surface area contributed by atoms with Crippen LogP contribution in [0.4, 0.5) is 0 Å². The second kappa shape index (κ2) is 7.10. The molecule has 0 unspecified atom stereocenters. The van der Waals surface area contributed by atoms with Gasteiger partial charge in [-0.1, -0.05) is 42.5 Å². The molecule has 0 radical (unpaired) electrons. The zero-order chi connectivity index (χ0) is 16.9. The lowest BCUT2D eigenvalue weighted by atomic mass is 10.1. The zero-order valence-corrected chi connectivity index (χ0v) is 13.6. The number of nitrogens with zero attached hydrogens (tertiary/aromatic N) is 3. The summed E-state index contributed by atoms with van der Waals surface area (Å²) in [5.74, 6) is -0.404. The fraction of sp³-hybridized carbons (Fsp3) is 0.158. The van der Waals surface area contributed by atoms with Crippen LogP contribution >= 0.6 is 0 Å². The average molecular weight is 320 g/mol. The van der Waals surface area contributed by atoms with E-state index in [1.165, 1.54) is 0 Å². The van der Waals surface area contributed by atoms with Crippen molar-refractivity contribution in [3.8, 4) is 11.1 Å². The van der Waals surface area contributed by atoms with Crippen molar-refractivity contribution in [3.05, 3.63) is 78.1 Å². The van der Waals surface area contributed by atoms with Crippen molar-refractivity contribution in [3.63, 3.8) is 0 Å². The summed E-state index contributed by atoms with van der Waals surface area (Å²) in [6.45, 7) is 1.37. The molecule has 0 aliphatic rings. The van der Waals surface area contributed by atoms with Gasteiger partial charge in [-0.05, 0) is 30.3 Å². The van der Waals surface area contributed by atoms with Gasteiger partial charge in [-0.3, -0.25) is 14.4 Å². The van der Waals surface area contributed by atoms with Crippen LogP contribution < -0.4 is 5.73 Å². The molecule has 0 atom stereocenters. The summed E-state index contributed by atoms with van der Waals surface area (Å²) in [7, 11) is 2.01. The van der Waals surface area contributed by atoms with Crippen molar-refractivity contribution in [2.75, 3.05) is 7.05 Å². The molecule has 2 aromatic carbocycles. The van der Waals surface area contributed by atoms with Crippen LogP contribution in [0.15, 0.2) is 67.0 Å². The highest BCUT2D eigenvalue weighted by atomic mass is 16.1. The van der Waals surface area contributed by atoms with Gasteiger partial charge < -0.3 is 5.73 Å². The number of benzene rings is 2. The quantitative estimate of drug-likeness (QED) is 0.759. The maximum Gasteiger partial charge on any atom is 0.248 e. The number of carbonyl (C=O) groups excluding carboxylic acids is 1. The second-order valence-electron chi connectivity index (χ2n) is 5.85. The number of hydrogen-bond donors (Lipinski definition) is 1. The Morgan fingerprint density at radius 2 is 1.92 bits per heavy atom. The van der Waals surface area contributed by atoms with Crippen LogP contribution in [0.3, 0.4) is 0 Å². The van der Waals surface area contributed by atoms with Gasteiger partial charge in [0.25, 0.3) is 0 Å². The third-order valence-electron chi connectivity index (χ3n) is 3.79. The third-order valence-corrected chi connectivity index (χ3v) is 3.79. The highest BCUT2D eigenvalue weighted by Gasteiger charge is 2.06. The number of amides is 1. The average Bonchev–Trinajstić information content (AvgIpc) is 3.04. The van der Waals surface area contributed by atoms with E-state index in [9.17, 15) is 4.79 Å². The summed E-state index contributed by atoms with van der Waals surface area (Å²) in [5.41, 5.74) is 9.16. The number of primary amides is 1. The standard InChI is InChI=1S/C19H20N4O/c1-22(12-15-6-5-9-17(10-15)19(20)24)14-23-13-18(11-21-23)16-7-3-2-4-8-16/h2-11,13H,12,14H2,1H3,(H2,20,24). The molecule has 0 aliphatic heterocycles. The number of aromatic nitrogens is 2. The van der Waals surface area contributed by atoms with Gasteiger partial charge in [0.2, 0.25) is 5.91 Å². The lowest BCUT2D eigenvalue weighted by Crippen LogP contribution is -2.22. The summed E-state index contributed by atoms with van der Waals surface area (Å²) >= 11 is 0. The van der Waals surface area contributed by atoms with Crippen molar-refractivity contribution in [1.82, 2.24) is 14.7 Å². The van der Waals surface area contributed by atoms with Crippen LogP contribution in [-0.2, 0) is 13.2 Å². The molecule has 0 saturated heterocycles. The summed E-state index contributed by atoms with van der Waals surface area (Å²) in [4.78, 5) is 13.4. The van der Waals surface area contributed by atoms with Gasteiger partial charge in [-0.2, -0.15) is 5.10 Å². The van der Waals surface area contributed by atoms with E-state index >= 15 is 0 Å². The molecular formula is C19H20N4O. The number of nitrogens with two attached hydrogens (primary N) is 1.